The smallest absolute Gasteiger partial charge is 0.243 e. The van der Waals surface area contributed by atoms with Crippen molar-refractivity contribution < 1.29 is 14.3 Å². The lowest BCUT2D eigenvalue weighted by Gasteiger charge is -2.42. The predicted octanol–water partition coefficient (Wildman–Crippen LogP) is 6.14. The molecule has 0 atom stereocenters. The number of benzene rings is 2. The highest BCUT2D eigenvalue weighted by molar-refractivity contribution is 5.81. The van der Waals surface area contributed by atoms with Gasteiger partial charge in [-0.2, -0.15) is 0 Å². The average molecular weight is 490 g/mol. The zero-order chi connectivity index (χ0) is 24.9. The van der Waals surface area contributed by atoms with Gasteiger partial charge < -0.3 is 18.9 Å². The largest absolute Gasteiger partial charge is 0.493 e. The lowest BCUT2D eigenvalue weighted by Crippen LogP contribution is -2.50. The van der Waals surface area contributed by atoms with E-state index >= 15 is 0 Å². The van der Waals surface area contributed by atoms with Gasteiger partial charge in [-0.05, 0) is 55.5 Å². The third-order valence-electron chi connectivity index (χ3n) is 8.06. The number of rotatable bonds is 8. The molecule has 0 unspecified atom stereocenters. The Bertz CT molecular complexity index is 1160. The van der Waals surface area contributed by atoms with E-state index in [1.807, 2.05) is 36.4 Å². The Balaban J connectivity index is 1.46. The molecule has 2 aliphatic carbocycles. The molecule has 2 aliphatic rings. The minimum atomic E-state index is 0.255. The van der Waals surface area contributed by atoms with Crippen LogP contribution in [0.5, 0.6) is 11.5 Å². The predicted molar refractivity (Wildman–Crippen MR) is 143 cm³/mol. The van der Waals surface area contributed by atoms with Gasteiger partial charge in [0.05, 0.1) is 25.3 Å². The summed E-state index contributed by atoms with van der Waals surface area (Å²) in [6, 6.07) is 14.9. The minimum Gasteiger partial charge on any atom is -0.493 e. The maximum Gasteiger partial charge on any atom is 0.243 e. The van der Waals surface area contributed by atoms with Crippen LogP contribution in [0.25, 0.3) is 11.0 Å². The number of ether oxygens (including phenoxy) is 2. The molecule has 2 aromatic carbocycles. The van der Waals surface area contributed by atoms with Crippen molar-refractivity contribution in [2.75, 3.05) is 14.2 Å². The third kappa shape index (κ3) is 5.23. The molecule has 0 aliphatic heterocycles. The summed E-state index contributed by atoms with van der Waals surface area (Å²) in [5.74, 6) is 2.57. The maximum atomic E-state index is 14.1. The molecule has 2 saturated carbocycles. The van der Waals surface area contributed by atoms with E-state index in [9.17, 15) is 4.79 Å². The van der Waals surface area contributed by atoms with Crippen molar-refractivity contribution in [2.45, 2.75) is 89.3 Å². The summed E-state index contributed by atoms with van der Waals surface area (Å²) in [4.78, 5) is 21.4. The monoisotopic (exact) mass is 489 g/mol. The van der Waals surface area contributed by atoms with Crippen molar-refractivity contribution >= 4 is 16.9 Å². The molecule has 5 rings (SSSR count). The first-order chi connectivity index (χ1) is 17.7. The number of hydrogen-bond acceptors (Lipinski definition) is 4. The minimum absolute atomic E-state index is 0.255. The fraction of sp³-hybridized carbons (Fsp3) is 0.533. The van der Waals surface area contributed by atoms with Crippen LogP contribution in [-0.4, -0.2) is 46.7 Å². The molecule has 0 spiro atoms. The molecule has 192 valence electrons. The topological polar surface area (TPSA) is 56.6 Å². The van der Waals surface area contributed by atoms with Crippen molar-refractivity contribution in [2.24, 2.45) is 0 Å². The van der Waals surface area contributed by atoms with Gasteiger partial charge in [-0.1, -0.05) is 56.7 Å². The highest BCUT2D eigenvalue weighted by Crippen LogP contribution is 2.32. The van der Waals surface area contributed by atoms with E-state index in [0.717, 1.165) is 48.1 Å². The van der Waals surface area contributed by atoms with Gasteiger partial charge in [0.25, 0.3) is 0 Å². The second-order valence-electron chi connectivity index (χ2n) is 10.4. The number of aromatic nitrogens is 2. The zero-order valence-electron chi connectivity index (χ0n) is 21.7. The second-order valence-corrected chi connectivity index (χ2v) is 10.4. The molecular weight excluding hydrogens is 450 g/mol. The Labute approximate surface area is 214 Å². The van der Waals surface area contributed by atoms with Gasteiger partial charge in [-0.3, -0.25) is 4.79 Å². The van der Waals surface area contributed by atoms with Crippen LogP contribution in [0, 0.1) is 0 Å². The molecule has 1 aromatic heterocycles. The van der Waals surface area contributed by atoms with E-state index in [1.54, 1.807) is 14.2 Å². The summed E-state index contributed by atoms with van der Waals surface area (Å²) in [6.07, 6.45) is 12.7. The van der Waals surface area contributed by atoms with Gasteiger partial charge in [-0.25, -0.2) is 4.98 Å². The van der Waals surface area contributed by atoms with Crippen molar-refractivity contribution in [3.63, 3.8) is 0 Å². The molecule has 1 heterocycles. The molecule has 2 fully saturated rings. The first kappa shape index (κ1) is 24.7. The first-order valence-electron chi connectivity index (χ1n) is 13.6. The highest BCUT2D eigenvalue weighted by atomic mass is 16.5. The van der Waals surface area contributed by atoms with Crippen LogP contribution >= 0.6 is 0 Å². The second kappa shape index (κ2) is 11.4. The van der Waals surface area contributed by atoms with Crippen LogP contribution in [0.3, 0.4) is 0 Å². The van der Waals surface area contributed by atoms with Gasteiger partial charge in [0.15, 0.2) is 11.5 Å². The zero-order valence-corrected chi connectivity index (χ0v) is 21.7. The fourth-order valence-electron chi connectivity index (χ4n) is 6.25. The van der Waals surface area contributed by atoms with Gasteiger partial charge in [0.2, 0.25) is 5.91 Å². The molecule has 1 amide bonds. The van der Waals surface area contributed by atoms with E-state index in [1.165, 1.54) is 38.5 Å². The Kier molecular flexibility index (Phi) is 7.78. The summed E-state index contributed by atoms with van der Waals surface area (Å²) in [5, 5.41) is 0. The first-order valence-corrected chi connectivity index (χ1v) is 13.6. The van der Waals surface area contributed by atoms with Gasteiger partial charge >= 0.3 is 0 Å². The highest BCUT2D eigenvalue weighted by Gasteiger charge is 2.33. The standard InChI is InChI=1S/C30H39N3O3/c1-35-27-18-17-22(19-28(27)36-2)20-29-31-25-15-9-10-16-26(25)32(29)21-30(34)33(23-11-5-3-6-12-23)24-13-7-4-8-14-24/h9-10,15-19,23-24H,3-8,11-14,20-21H2,1-2H3. The normalized spacial score (nSPS) is 17.3. The number of nitrogens with zero attached hydrogens (tertiary/aromatic N) is 3. The third-order valence-corrected chi connectivity index (χ3v) is 8.06. The number of carbonyl (C=O) groups is 1. The number of para-hydroxylation sites is 2. The molecular formula is C30H39N3O3. The van der Waals surface area contributed by atoms with Crippen LogP contribution < -0.4 is 9.47 Å². The van der Waals surface area contributed by atoms with Crippen molar-refractivity contribution in [3.05, 3.63) is 53.9 Å². The molecule has 0 saturated heterocycles. The molecule has 0 bridgehead atoms. The van der Waals surface area contributed by atoms with Gasteiger partial charge in [-0.15, -0.1) is 0 Å². The van der Waals surface area contributed by atoms with Gasteiger partial charge in [0, 0.05) is 18.5 Å². The molecule has 0 N–H and O–H groups in total. The molecule has 6 heteroatoms. The Morgan fingerprint density at radius 2 is 1.53 bits per heavy atom. The van der Waals surface area contributed by atoms with Crippen LogP contribution in [0.1, 0.15) is 75.6 Å². The molecule has 0 radical (unpaired) electrons. The van der Waals surface area contributed by atoms with Crippen LogP contribution in [0.2, 0.25) is 0 Å². The average Bonchev–Trinajstić information content (AvgIpc) is 3.26. The Hall–Kier alpha value is -3.02. The molecule has 6 nitrogen and oxygen atoms in total. The van der Waals surface area contributed by atoms with Crippen molar-refractivity contribution in [3.8, 4) is 11.5 Å². The number of methoxy groups -OCH3 is 2. The number of carbonyl (C=O) groups excluding carboxylic acids is 1. The summed E-state index contributed by atoms with van der Waals surface area (Å²) in [7, 11) is 3.30. The lowest BCUT2D eigenvalue weighted by molar-refractivity contribution is -0.138. The van der Waals surface area contributed by atoms with Crippen LogP contribution in [-0.2, 0) is 17.8 Å². The summed E-state index contributed by atoms with van der Waals surface area (Å²) >= 11 is 0. The molecule has 3 aromatic rings. The number of hydrogen-bond donors (Lipinski definition) is 0. The quantitative estimate of drug-likeness (QED) is 0.381. The summed E-state index contributed by atoms with van der Waals surface area (Å²) < 4.78 is 13.1. The van der Waals surface area contributed by atoms with Crippen molar-refractivity contribution in [1.29, 1.82) is 0 Å². The van der Waals surface area contributed by atoms with Gasteiger partial charge in [0.1, 0.15) is 12.4 Å². The Morgan fingerprint density at radius 3 is 2.17 bits per heavy atom. The SMILES string of the molecule is COc1ccc(Cc2nc3ccccc3n2CC(=O)N(C2CCCCC2)C2CCCCC2)cc1OC. The van der Waals surface area contributed by atoms with E-state index in [-0.39, 0.29) is 5.91 Å². The Morgan fingerprint density at radius 1 is 0.889 bits per heavy atom. The van der Waals surface area contributed by atoms with Crippen LogP contribution in [0.4, 0.5) is 0 Å². The summed E-state index contributed by atoms with van der Waals surface area (Å²) in [6.45, 7) is 0.343. The van der Waals surface area contributed by atoms with E-state index < -0.39 is 0 Å². The van der Waals surface area contributed by atoms with E-state index in [4.69, 9.17) is 14.5 Å². The van der Waals surface area contributed by atoms with Crippen LogP contribution in [0.15, 0.2) is 42.5 Å². The lowest BCUT2D eigenvalue weighted by atomic mass is 9.88. The van der Waals surface area contributed by atoms with E-state index in [2.05, 4.69) is 15.5 Å². The number of fused-ring (bicyclic) bond motifs is 1. The van der Waals surface area contributed by atoms with E-state index in [0.29, 0.717) is 36.5 Å². The fourth-order valence-corrected chi connectivity index (χ4v) is 6.25. The summed E-state index contributed by atoms with van der Waals surface area (Å²) in [5.41, 5.74) is 3.03. The van der Waals surface area contributed by atoms with Crippen molar-refractivity contribution in [1.82, 2.24) is 14.5 Å². The number of imidazole rings is 1. The number of amides is 1. The maximum absolute atomic E-state index is 14.1. The molecule has 36 heavy (non-hydrogen) atoms.